The minimum Gasteiger partial charge on any atom is -0.396 e. The molecular formula is C16H24N2O3. The molecule has 2 heterocycles. The lowest BCUT2D eigenvalue weighted by Crippen LogP contribution is -2.55. The molecule has 0 aromatic carbocycles. The molecule has 0 bridgehead atoms. The lowest BCUT2D eigenvalue weighted by atomic mass is 9.74. The van der Waals surface area contributed by atoms with E-state index in [1.54, 1.807) is 17.3 Å². The van der Waals surface area contributed by atoms with E-state index in [9.17, 15) is 15.0 Å². The van der Waals surface area contributed by atoms with E-state index in [-0.39, 0.29) is 12.5 Å². The first kappa shape index (κ1) is 15.9. The Morgan fingerprint density at radius 2 is 2.38 bits per heavy atom. The molecule has 2 rings (SSSR count). The van der Waals surface area contributed by atoms with Gasteiger partial charge in [0.2, 0.25) is 5.91 Å². The van der Waals surface area contributed by atoms with Gasteiger partial charge in [-0.25, -0.2) is 0 Å². The van der Waals surface area contributed by atoms with Crippen LogP contribution in [0.25, 0.3) is 0 Å². The summed E-state index contributed by atoms with van der Waals surface area (Å²) in [5.74, 6) is 0.0313. The molecule has 2 atom stereocenters. The van der Waals surface area contributed by atoms with Gasteiger partial charge in [-0.05, 0) is 24.5 Å². The molecule has 0 saturated carbocycles. The van der Waals surface area contributed by atoms with Gasteiger partial charge in [0.25, 0.3) is 0 Å². The number of amides is 1. The molecular weight excluding hydrogens is 268 g/mol. The monoisotopic (exact) mass is 292 g/mol. The zero-order chi connectivity index (χ0) is 15.3. The SMILES string of the molecule is CCC[C@@]1(CO)CN(C(=O)Cc2cccnc2)CC[C@@H]1O. The van der Waals surface area contributed by atoms with Gasteiger partial charge < -0.3 is 15.1 Å². The van der Waals surface area contributed by atoms with Gasteiger partial charge in [-0.15, -0.1) is 0 Å². The molecule has 2 N–H and O–H groups in total. The van der Waals surface area contributed by atoms with Crippen molar-refractivity contribution >= 4 is 5.91 Å². The summed E-state index contributed by atoms with van der Waals surface area (Å²) in [7, 11) is 0. The quantitative estimate of drug-likeness (QED) is 0.849. The maximum absolute atomic E-state index is 12.4. The fourth-order valence-corrected chi connectivity index (χ4v) is 3.13. The average molecular weight is 292 g/mol. The Hall–Kier alpha value is -1.46. The van der Waals surface area contributed by atoms with Crippen LogP contribution < -0.4 is 0 Å². The van der Waals surface area contributed by atoms with Crippen LogP contribution in [0.5, 0.6) is 0 Å². The maximum atomic E-state index is 12.4. The second-order valence-electron chi connectivity index (χ2n) is 5.93. The third-order valence-corrected chi connectivity index (χ3v) is 4.38. The molecule has 1 aliphatic heterocycles. The van der Waals surface area contributed by atoms with Crippen LogP contribution in [-0.2, 0) is 11.2 Å². The lowest BCUT2D eigenvalue weighted by Gasteiger charge is -2.45. The Bertz CT molecular complexity index is 466. The molecule has 5 nitrogen and oxygen atoms in total. The van der Waals surface area contributed by atoms with Gasteiger partial charge in [-0.2, -0.15) is 0 Å². The molecule has 1 aliphatic rings. The topological polar surface area (TPSA) is 73.7 Å². The van der Waals surface area contributed by atoms with Crippen molar-refractivity contribution in [2.75, 3.05) is 19.7 Å². The van der Waals surface area contributed by atoms with Crippen LogP contribution in [0.2, 0.25) is 0 Å². The molecule has 0 spiro atoms. The van der Waals surface area contributed by atoms with Crippen LogP contribution in [0.1, 0.15) is 31.7 Å². The van der Waals surface area contributed by atoms with Gasteiger partial charge in [-0.1, -0.05) is 19.4 Å². The Balaban J connectivity index is 2.05. The van der Waals surface area contributed by atoms with Gasteiger partial charge in [0, 0.05) is 30.9 Å². The molecule has 0 unspecified atom stereocenters. The smallest absolute Gasteiger partial charge is 0.227 e. The number of likely N-dealkylation sites (tertiary alicyclic amines) is 1. The standard InChI is InChI=1S/C16H24N2O3/c1-2-6-16(12-19)11-18(8-5-14(16)20)15(21)9-13-4-3-7-17-10-13/h3-4,7,10,14,19-20H,2,5-6,8-9,11-12H2,1H3/t14-,16-/m0/s1. The normalized spacial score (nSPS) is 25.9. The summed E-state index contributed by atoms with van der Waals surface area (Å²) in [6, 6.07) is 3.70. The highest BCUT2D eigenvalue weighted by Crippen LogP contribution is 2.34. The van der Waals surface area contributed by atoms with Gasteiger partial charge in [0.15, 0.2) is 0 Å². The zero-order valence-electron chi connectivity index (χ0n) is 12.5. The summed E-state index contributed by atoms with van der Waals surface area (Å²) in [6.45, 7) is 2.92. The fraction of sp³-hybridized carbons (Fsp3) is 0.625. The van der Waals surface area contributed by atoms with Crippen molar-refractivity contribution < 1.29 is 15.0 Å². The van der Waals surface area contributed by atoms with Crippen molar-refractivity contribution in [3.63, 3.8) is 0 Å². The molecule has 1 saturated heterocycles. The molecule has 0 radical (unpaired) electrons. The second kappa shape index (κ2) is 7.00. The highest BCUT2D eigenvalue weighted by molar-refractivity contribution is 5.78. The van der Waals surface area contributed by atoms with Crippen molar-refractivity contribution in [2.24, 2.45) is 5.41 Å². The van der Waals surface area contributed by atoms with E-state index in [0.717, 1.165) is 18.4 Å². The summed E-state index contributed by atoms with van der Waals surface area (Å²) in [5, 5.41) is 20.0. The average Bonchev–Trinajstić information content (AvgIpc) is 2.50. The predicted molar refractivity (Wildman–Crippen MR) is 79.6 cm³/mol. The highest BCUT2D eigenvalue weighted by atomic mass is 16.3. The van der Waals surface area contributed by atoms with E-state index >= 15 is 0 Å². The molecule has 1 fully saturated rings. The second-order valence-corrected chi connectivity index (χ2v) is 5.93. The fourth-order valence-electron chi connectivity index (χ4n) is 3.13. The van der Waals surface area contributed by atoms with E-state index in [2.05, 4.69) is 4.98 Å². The van der Waals surface area contributed by atoms with Crippen LogP contribution in [0, 0.1) is 5.41 Å². The van der Waals surface area contributed by atoms with Gasteiger partial charge in [-0.3, -0.25) is 9.78 Å². The number of nitrogens with zero attached hydrogens (tertiary/aromatic N) is 2. The summed E-state index contributed by atoms with van der Waals surface area (Å²) in [4.78, 5) is 18.2. The Kier molecular flexibility index (Phi) is 5.31. The first-order valence-corrected chi connectivity index (χ1v) is 7.57. The lowest BCUT2D eigenvalue weighted by molar-refractivity contribution is -0.141. The third-order valence-electron chi connectivity index (χ3n) is 4.38. The van der Waals surface area contributed by atoms with Crippen molar-refractivity contribution in [3.05, 3.63) is 30.1 Å². The van der Waals surface area contributed by atoms with Crippen molar-refractivity contribution in [3.8, 4) is 0 Å². The Morgan fingerprint density at radius 1 is 1.57 bits per heavy atom. The third kappa shape index (κ3) is 3.60. The molecule has 5 heteroatoms. The van der Waals surface area contributed by atoms with E-state index in [1.807, 2.05) is 19.1 Å². The maximum Gasteiger partial charge on any atom is 0.227 e. The first-order chi connectivity index (χ1) is 10.1. The van der Waals surface area contributed by atoms with Crippen LogP contribution in [0.4, 0.5) is 0 Å². The van der Waals surface area contributed by atoms with E-state index in [1.165, 1.54) is 0 Å². The minimum absolute atomic E-state index is 0.0313. The number of piperidine rings is 1. The number of pyridine rings is 1. The minimum atomic E-state index is -0.572. The molecule has 1 amide bonds. The van der Waals surface area contributed by atoms with Crippen LogP contribution in [0.3, 0.4) is 0 Å². The number of aliphatic hydroxyl groups is 2. The zero-order valence-corrected chi connectivity index (χ0v) is 12.5. The molecule has 1 aromatic rings. The van der Waals surface area contributed by atoms with Crippen molar-refractivity contribution in [2.45, 2.75) is 38.7 Å². The van der Waals surface area contributed by atoms with E-state index in [0.29, 0.717) is 25.9 Å². The van der Waals surface area contributed by atoms with Crippen molar-refractivity contribution in [1.29, 1.82) is 0 Å². The predicted octanol–water partition coefficient (Wildman–Crippen LogP) is 0.996. The number of aromatic nitrogens is 1. The molecule has 21 heavy (non-hydrogen) atoms. The van der Waals surface area contributed by atoms with Crippen LogP contribution >= 0.6 is 0 Å². The van der Waals surface area contributed by atoms with E-state index < -0.39 is 11.5 Å². The van der Waals surface area contributed by atoms with Gasteiger partial charge in [0.1, 0.15) is 0 Å². The number of hydrogen-bond donors (Lipinski definition) is 2. The van der Waals surface area contributed by atoms with Crippen LogP contribution in [-0.4, -0.2) is 51.8 Å². The number of hydrogen-bond acceptors (Lipinski definition) is 4. The summed E-state index contributed by atoms with van der Waals surface area (Å²) in [5.41, 5.74) is 0.316. The molecule has 1 aromatic heterocycles. The van der Waals surface area contributed by atoms with Gasteiger partial charge >= 0.3 is 0 Å². The summed E-state index contributed by atoms with van der Waals surface area (Å²) in [6.07, 6.45) is 5.29. The number of aliphatic hydroxyl groups excluding tert-OH is 2. The molecule has 0 aliphatic carbocycles. The summed E-state index contributed by atoms with van der Waals surface area (Å²) < 4.78 is 0. The van der Waals surface area contributed by atoms with Gasteiger partial charge in [0.05, 0.1) is 19.1 Å². The number of carbonyl (C=O) groups is 1. The van der Waals surface area contributed by atoms with E-state index in [4.69, 9.17) is 0 Å². The highest BCUT2D eigenvalue weighted by Gasteiger charge is 2.42. The first-order valence-electron chi connectivity index (χ1n) is 7.57. The summed E-state index contributed by atoms with van der Waals surface area (Å²) >= 11 is 0. The molecule has 116 valence electrons. The van der Waals surface area contributed by atoms with Crippen LogP contribution in [0.15, 0.2) is 24.5 Å². The largest absolute Gasteiger partial charge is 0.396 e. The number of carbonyl (C=O) groups excluding carboxylic acids is 1. The van der Waals surface area contributed by atoms with Crippen molar-refractivity contribution in [1.82, 2.24) is 9.88 Å². The Labute approximate surface area is 125 Å². The Morgan fingerprint density at radius 3 is 3.00 bits per heavy atom. The number of rotatable bonds is 5.